The van der Waals surface area contributed by atoms with Gasteiger partial charge in [-0.1, -0.05) is 0 Å². The van der Waals surface area contributed by atoms with Gasteiger partial charge in [0, 0.05) is 19.2 Å². The van der Waals surface area contributed by atoms with Crippen LogP contribution in [0.4, 0.5) is 0 Å². The predicted octanol–water partition coefficient (Wildman–Crippen LogP) is 2.12. The zero-order valence-corrected chi connectivity index (χ0v) is 15.2. The molecule has 1 aromatic carbocycles. The van der Waals surface area contributed by atoms with Crippen LogP contribution in [0.25, 0.3) is 5.76 Å². The van der Waals surface area contributed by atoms with Crippen molar-refractivity contribution in [3.05, 3.63) is 53.5 Å². The number of aliphatic hydroxyl groups is 1. The smallest absolute Gasteiger partial charge is 0.295 e. The summed E-state index contributed by atoms with van der Waals surface area (Å²) in [6, 6.07) is 7.35. The van der Waals surface area contributed by atoms with E-state index in [1.54, 1.807) is 30.3 Å². The molecule has 0 saturated carbocycles. The van der Waals surface area contributed by atoms with Crippen molar-refractivity contribution in [3.8, 4) is 11.5 Å². The summed E-state index contributed by atoms with van der Waals surface area (Å²) in [5.74, 6) is -0.363. The summed E-state index contributed by atoms with van der Waals surface area (Å²) < 4.78 is 21.5. The number of ketones is 1. The molecule has 146 valence electrons. The lowest BCUT2D eigenvalue weighted by Crippen LogP contribution is -2.32. The van der Waals surface area contributed by atoms with Crippen LogP contribution >= 0.6 is 0 Å². The predicted molar refractivity (Wildman–Crippen MR) is 97.0 cm³/mol. The first kappa shape index (κ1) is 18.1. The van der Waals surface area contributed by atoms with Crippen LogP contribution in [0, 0.1) is 0 Å². The number of hydrogen-bond acceptors (Lipinski definition) is 7. The molecule has 1 N–H and O–H groups in total. The van der Waals surface area contributed by atoms with Gasteiger partial charge in [0.1, 0.15) is 30.8 Å². The number of hydrogen-bond donors (Lipinski definition) is 1. The van der Waals surface area contributed by atoms with Gasteiger partial charge < -0.3 is 28.6 Å². The molecule has 2 aliphatic rings. The second kappa shape index (κ2) is 7.40. The summed E-state index contributed by atoms with van der Waals surface area (Å²) in [6.07, 6.45) is 1.45. The van der Waals surface area contributed by atoms with Crippen LogP contribution in [0.15, 0.2) is 46.6 Å². The number of carbonyl (C=O) groups is 2. The number of carbonyl (C=O) groups excluding carboxylic acids is 2. The largest absolute Gasteiger partial charge is 0.507 e. The van der Waals surface area contributed by atoms with E-state index in [4.69, 9.17) is 18.6 Å². The molecule has 1 aromatic heterocycles. The number of rotatable bonds is 5. The lowest BCUT2D eigenvalue weighted by Gasteiger charge is -2.23. The number of ether oxygens (including phenoxy) is 3. The molecule has 1 saturated heterocycles. The molecule has 28 heavy (non-hydrogen) atoms. The van der Waals surface area contributed by atoms with Gasteiger partial charge in [-0.2, -0.15) is 0 Å². The van der Waals surface area contributed by atoms with Gasteiger partial charge in [-0.25, -0.2) is 0 Å². The second-order valence-electron chi connectivity index (χ2n) is 6.36. The lowest BCUT2D eigenvalue weighted by atomic mass is 9.99. The van der Waals surface area contributed by atoms with Crippen molar-refractivity contribution in [2.24, 2.45) is 0 Å². The fourth-order valence-corrected chi connectivity index (χ4v) is 3.39. The monoisotopic (exact) mass is 385 g/mol. The van der Waals surface area contributed by atoms with Gasteiger partial charge in [-0.05, 0) is 30.3 Å². The van der Waals surface area contributed by atoms with E-state index in [1.807, 2.05) is 0 Å². The third-order valence-electron chi connectivity index (χ3n) is 4.70. The molecule has 1 fully saturated rings. The van der Waals surface area contributed by atoms with Crippen molar-refractivity contribution in [2.45, 2.75) is 6.04 Å². The molecule has 2 aromatic rings. The van der Waals surface area contributed by atoms with Crippen LogP contribution < -0.4 is 9.47 Å². The fourth-order valence-electron chi connectivity index (χ4n) is 3.39. The van der Waals surface area contributed by atoms with E-state index >= 15 is 0 Å². The molecule has 8 heteroatoms. The van der Waals surface area contributed by atoms with Crippen LogP contribution in [0.2, 0.25) is 0 Å². The third kappa shape index (κ3) is 3.01. The van der Waals surface area contributed by atoms with E-state index in [0.29, 0.717) is 36.0 Å². The first-order chi connectivity index (χ1) is 13.6. The van der Waals surface area contributed by atoms with Gasteiger partial charge in [0.25, 0.3) is 11.7 Å². The Morgan fingerprint density at radius 3 is 2.71 bits per heavy atom. The Labute approximate surface area is 160 Å². The molecule has 0 spiro atoms. The molecule has 0 bridgehead atoms. The molecule has 1 atom stereocenters. The Bertz CT molecular complexity index is 932. The minimum Gasteiger partial charge on any atom is -0.507 e. The van der Waals surface area contributed by atoms with Gasteiger partial charge in [-0.3, -0.25) is 9.59 Å². The van der Waals surface area contributed by atoms with Crippen molar-refractivity contribution in [3.63, 3.8) is 0 Å². The first-order valence-corrected chi connectivity index (χ1v) is 8.82. The topological polar surface area (TPSA) is 98.4 Å². The number of fused-ring (bicyclic) bond motifs is 1. The second-order valence-corrected chi connectivity index (χ2v) is 6.36. The van der Waals surface area contributed by atoms with Crippen LogP contribution in [0.3, 0.4) is 0 Å². The third-order valence-corrected chi connectivity index (χ3v) is 4.70. The van der Waals surface area contributed by atoms with Crippen LogP contribution in [-0.2, 0) is 14.3 Å². The van der Waals surface area contributed by atoms with E-state index in [2.05, 4.69) is 0 Å². The maximum Gasteiger partial charge on any atom is 0.295 e. The quantitative estimate of drug-likeness (QED) is 0.478. The van der Waals surface area contributed by atoms with Crippen molar-refractivity contribution in [2.75, 3.05) is 33.5 Å². The van der Waals surface area contributed by atoms with E-state index in [1.165, 1.54) is 18.3 Å². The van der Waals surface area contributed by atoms with Crippen molar-refractivity contribution in [1.82, 2.24) is 4.90 Å². The Hall–Kier alpha value is -3.26. The molecule has 3 heterocycles. The highest BCUT2D eigenvalue weighted by molar-refractivity contribution is 6.46. The van der Waals surface area contributed by atoms with Crippen molar-refractivity contribution < 1.29 is 33.3 Å². The summed E-state index contributed by atoms with van der Waals surface area (Å²) in [5, 5.41) is 10.9. The molecule has 1 unspecified atom stereocenters. The summed E-state index contributed by atoms with van der Waals surface area (Å²) in [4.78, 5) is 26.7. The SMILES string of the molecule is COCCN1C(=O)C(=O)C(=C(O)c2ccc3c(c2)OCCO3)C1c1ccco1. The number of methoxy groups -OCH3 is 1. The molecule has 0 radical (unpaired) electrons. The van der Waals surface area contributed by atoms with Crippen LogP contribution in [0.5, 0.6) is 11.5 Å². The van der Waals surface area contributed by atoms with Crippen LogP contribution in [0.1, 0.15) is 17.4 Å². The number of aliphatic hydroxyl groups excluding tert-OH is 1. The Balaban J connectivity index is 1.80. The number of amides is 1. The summed E-state index contributed by atoms with van der Waals surface area (Å²) in [7, 11) is 1.51. The van der Waals surface area contributed by atoms with Gasteiger partial charge in [0.15, 0.2) is 11.5 Å². The van der Waals surface area contributed by atoms with Gasteiger partial charge >= 0.3 is 0 Å². The van der Waals surface area contributed by atoms with Crippen LogP contribution in [-0.4, -0.2) is 55.2 Å². The Kier molecular flexibility index (Phi) is 4.79. The fraction of sp³-hybridized carbons (Fsp3) is 0.300. The highest BCUT2D eigenvalue weighted by Crippen LogP contribution is 2.41. The van der Waals surface area contributed by atoms with Gasteiger partial charge in [-0.15, -0.1) is 0 Å². The Morgan fingerprint density at radius 2 is 2.00 bits per heavy atom. The van der Waals surface area contributed by atoms with Gasteiger partial charge in [0.2, 0.25) is 0 Å². The van der Waals surface area contributed by atoms with Gasteiger partial charge in [0.05, 0.1) is 18.4 Å². The molecule has 4 rings (SSSR count). The maximum atomic E-state index is 12.7. The standard InChI is InChI=1S/C20H19NO7/c1-25-8-6-21-17(14-3-2-7-26-14)16(19(23)20(21)24)18(22)12-4-5-13-15(11-12)28-10-9-27-13/h2-5,7,11,17,22H,6,8-10H2,1H3. The first-order valence-electron chi connectivity index (χ1n) is 8.82. The van der Waals surface area contributed by atoms with E-state index < -0.39 is 17.7 Å². The molecular formula is C20H19NO7. The molecule has 8 nitrogen and oxygen atoms in total. The lowest BCUT2D eigenvalue weighted by molar-refractivity contribution is -0.140. The highest BCUT2D eigenvalue weighted by Gasteiger charge is 2.47. The number of likely N-dealkylation sites (tertiary alicyclic amines) is 1. The zero-order valence-electron chi connectivity index (χ0n) is 15.2. The molecule has 0 aliphatic carbocycles. The summed E-state index contributed by atoms with van der Waals surface area (Å²) in [5.41, 5.74) is 0.318. The summed E-state index contributed by atoms with van der Waals surface area (Å²) in [6.45, 7) is 1.27. The zero-order chi connectivity index (χ0) is 19.7. The average Bonchev–Trinajstić information content (AvgIpc) is 3.33. The number of nitrogens with zero attached hydrogens (tertiary/aromatic N) is 1. The normalized spacial score (nSPS) is 20.6. The van der Waals surface area contributed by atoms with Crippen molar-refractivity contribution in [1.29, 1.82) is 0 Å². The van der Waals surface area contributed by atoms with E-state index in [9.17, 15) is 14.7 Å². The average molecular weight is 385 g/mol. The molecule has 1 amide bonds. The summed E-state index contributed by atoms with van der Waals surface area (Å²) >= 11 is 0. The number of furan rings is 1. The van der Waals surface area contributed by atoms with E-state index in [-0.39, 0.29) is 24.5 Å². The van der Waals surface area contributed by atoms with E-state index in [0.717, 1.165) is 0 Å². The maximum absolute atomic E-state index is 12.7. The minimum absolute atomic E-state index is 0.0345. The molecular weight excluding hydrogens is 366 g/mol. The minimum atomic E-state index is -0.835. The highest BCUT2D eigenvalue weighted by atomic mass is 16.6. The number of Topliss-reactive ketones (excluding diaryl/α,β-unsaturated/α-hetero) is 1. The number of benzene rings is 1. The Morgan fingerprint density at radius 1 is 1.21 bits per heavy atom. The van der Waals surface area contributed by atoms with Crippen molar-refractivity contribution >= 4 is 17.4 Å². The molecule has 2 aliphatic heterocycles.